The molecule has 6 heteroatoms. The van der Waals surface area contributed by atoms with E-state index >= 15 is 0 Å². The summed E-state index contributed by atoms with van der Waals surface area (Å²) in [6.45, 7) is 1.83. The molecule has 0 unspecified atom stereocenters. The van der Waals surface area contributed by atoms with Crippen molar-refractivity contribution >= 4 is 31.7 Å². The van der Waals surface area contributed by atoms with Crippen molar-refractivity contribution in [3.8, 4) is 0 Å². The molecule has 4 nitrogen and oxygen atoms in total. The molecule has 1 atom stereocenters. The molecule has 0 N–H and O–H groups in total. The van der Waals surface area contributed by atoms with Crippen LogP contribution < -0.4 is 0 Å². The number of hydrogen-bond donors (Lipinski definition) is 0. The fourth-order valence-electron chi connectivity index (χ4n) is 2.29. The lowest BCUT2D eigenvalue weighted by atomic mass is 9.99. The van der Waals surface area contributed by atoms with E-state index in [1.54, 1.807) is 36.2 Å². The third-order valence-corrected chi connectivity index (χ3v) is 6.10. The SMILES string of the molecule is CN(C(=O)c1ccc(Br)cc1)[C@@]1(C)CCS(=O)(=O)C1. The zero-order valence-corrected chi connectivity index (χ0v) is 13.3. The van der Waals surface area contributed by atoms with Gasteiger partial charge < -0.3 is 4.90 Å². The van der Waals surface area contributed by atoms with Gasteiger partial charge in [-0.05, 0) is 37.6 Å². The van der Waals surface area contributed by atoms with Crippen molar-refractivity contribution in [2.24, 2.45) is 0 Å². The fourth-order valence-corrected chi connectivity index (χ4v) is 4.73. The van der Waals surface area contributed by atoms with Gasteiger partial charge in [0, 0.05) is 17.1 Å². The van der Waals surface area contributed by atoms with Crippen molar-refractivity contribution in [1.82, 2.24) is 4.90 Å². The van der Waals surface area contributed by atoms with Crippen molar-refractivity contribution in [3.63, 3.8) is 0 Å². The quantitative estimate of drug-likeness (QED) is 0.824. The highest BCUT2D eigenvalue weighted by Gasteiger charge is 2.43. The van der Waals surface area contributed by atoms with Crippen LogP contribution in [0.2, 0.25) is 0 Å². The lowest BCUT2D eigenvalue weighted by Crippen LogP contribution is -2.48. The molecule has 1 aromatic rings. The van der Waals surface area contributed by atoms with E-state index in [4.69, 9.17) is 0 Å². The zero-order valence-electron chi connectivity index (χ0n) is 10.9. The molecule has 1 aliphatic heterocycles. The topological polar surface area (TPSA) is 54.5 Å². The van der Waals surface area contributed by atoms with Gasteiger partial charge in [0.2, 0.25) is 0 Å². The molecule has 1 aromatic carbocycles. The molecular weight excluding hydrogens is 330 g/mol. The van der Waals surface area contributed by atoms with Crippen LogP contribution in [0.5, 0.6) is 0 Å². The molecule has 1 aliphatic rings. The van der Waals surface area contributed by atoms with Crippen molar-refractivity contribution in [2.45, 2.75) is 18.9 Å². The molecule has 0 bridgehead atoms. The molecule has 0 radical (unpaired) electrons. The van der Waals surface area contributed by atoms with Gasteiger partial charge in [-0.15, -0.1) is 0 Å². The number of carbonyl (C=O) groups excluding carboxylic acids is 1. The van der Waals surface area contributed by atoms with Crippen LogP contribution in [0.3, 0.4) is 0 Å². The maximum absolute atomic E-state index is 12.4. The number of benzene rings is 1. The Hall–Kier alpha value is -0.880. The Morgan fingerprint density at radius 3 is 2.37 bits per heavy atom. The summed E-state index contributed by atoms with van der Waals surface area (Å²) < 4.78 is 24.1. The largest absolute Gasteiger partial charge is 0.335 e. The highest BCUT2D eigenvalue weighted by molar-refractivity contribution is 9.10. The molecule has 1 saturated heterocycles. The van der Waals surface area contributed by atoms with E-state index in [9.17, 15) is 13.2 Å². The van der Waals surface area contributed by atoms with Crippen molar-refractivity contribution in [3.05, 3.63) is 34.3 Å². The normalized spacial score (nSPS) is 25.2. The molecule has 0 aromatic heterocycles. The number of sulfone groups is 1. The Balaban J connectivity index is 2.22. The predicted molar refractivity (Wildman–Crippen MR) is 77.9 cm³/mol. The molecule has 1 heterocycles. The van der Waals surface area contributed by atoms with E-state index in [-0.39, 0.29) is 17.4 Å². The van der Waals surface area contributed by atoms with E-state index < -0.39 is 15.4 Å². The number of hydrogen-bond acceptors (Lipinski definition) is 3. The summed E-state index contributed by atoms with van der Waals surface area (Å²) in [7, 11) is -1.35. The van der Waals surface area contributed by atoms with Crippen LogP contribution in [0.25, 0.3) is 0 Å². The molecule has 1 fully saturated rings. The van der Waals surface area contributed by atoms with E-state index in [2.05, 4.69) is 15.9 Å². The first-order chi connectivity index (χ1) is 8.73. The van der Waals surface area contributed by atoms with Crippen molar-refractivity contribution in [1.29, 1.82) is 0 Å². The zero-order chi connectivity index (χ0) is 14.3. The lowest BCUT2D eigenvalue weighted by Gasteiger charge is -2.34. The Morgan fingerprint density at radius 2 is 1.89 bits per heavy atom. The predicted octanol–water partition coefficient (Wildman–Crippen LogP) is 2.10. The first kappa shape index (κ1) is 14.5. The minimum atomic E-state index is -3.02. The van der Waals surface area contributed by atoms with Gasteiger partial charge in [-0.2, -0.15) is 0 Å². The van der Waals surface area contributed by atoms with Gasteiger partial charge in [-0.1, -0.05) is 15.9 Å². The fraction of sp³-hybridized carbons (Fsp3) is 0.462. The van der Waals surface area contributed by atoms with E-state index in [0.717, 1.165) is 4.47 Å². The minimum absolute atomic E-state index is 0.0404. The van der Waals surface area contributed by atoms with Crippen LogP contribution in [0, 0.1) is 0 Å². The summed E-state index contributed by atoms with van der Waals surface area (Å²) in [5.74, 6) is 0.0485. The van der Waals surface area contributed by atoms with Crippen LogP contribution in [0.15, 0.2) is 28.7 Å². The van der Waals surface area contributed by atoms with E-state index in [1.807, 2.05) is 6.92 Å². The third-order valence-electron chi connectivity index (χ3n) is 3.69. The van der Waals surface area contributed by atoms with Crippen LogP contribution in [-0.2, 0) is 9.84 Å². The van der Waals surface area contributed by atoms with Gasteiger partial charge in [-0.3, -0.25) is 4.79 Å². The van der Waals surface area contributed by atoms with E-state index in [1.165, 1.54) is 0 Å². The molecule has 2 rings (SSSR count). The number of rotatable bonds is 2. The van der Waals surface area contributed by atoms with Gasteiger partial charge in [0.05, 0.1) is 17.0 Å². The average Bonchev–Trinajstić information content (AvgIpc) is 2.64. The minimum Gasteiger partial charge on any atom is -0.335 e. The van der Waals surface area contributed by atoms with E-state index in [0.29, 0.717) is 12.0 Å². The highest BCUT2D eigenvalue weighted by atomic mass is 79.9. The maximum Gasteiger partial charge on any atom is 0.254 e. The number of carbonyl (C=O) groups is 1. The first-order valence-electron chi connectivity index (χ1n) is 5.98. The lowest BCUT2D eigenvalue weighted by molar-refractivity contribution is 0.0638. The summed E-state index contributed by atoms with van der Waals surface area (Å²) >= 11 is 3.32. The molecule has 0 spiro atoms. The second-order valence-corrected chi connectivity index (χ2v) is 8.31. The summed E-state index contributed by atoms with van der Waals surface area (Å²) in [6, 6.07) is 7.06. The van der Waals surface area contributed by atoms with Crippen LogP contribution in [0.1, 0.15) is 23.7 Å². The number of amides is 1. The van der Waals surface area contributed by atoms with Crippen molar-refractivity contribution in [2.75, 3.05) is 18.6 Å². The smallest absolute Gasteiger partial charge is 0.254 e. The maximum atomic E-state index is 12.4. The van der Waals surface area contributed by atoms with Gasteiger partial charge in [0.25, 0.3) is 5.91 Å². The molecule has 0 saturated carbocycles. The second-order valence-electron chi connectivity index (χ2n) is 5.21. The van der Waals surface area contributed by atoms with Crippen LogP contribution in [0.4, 0.5) is 0 Å². The van der Waals surface area contributed by atoms with Gasteiger partial charge in [0.15, 0.2) is 9.84 Å². The first-order valence-corrected chi connectivity index (χ1v) is 8.59. The number of nitrogens with zero attached hydrogens (tertiary/aromatic N) is 1. The third kappa shape index (κ3) is 3.00. The molecule has 1 amide bonds. The van der Waals surface area contributed by atoms with Gasteiger partial charge >= 0.3 is 0 Å². The Labute approximate surface area is 121 Å². The molecule has 19 heavy (non-hydrogen) atoms. The van der Waals surface area contributed by atoms with Crippen LogP contribution >= 0.6 is 15.9 Å². The Morgan fingerprint density at radius 1 is 1.32 bits per heavy atom. The van der Waals surface area contributed by atoms with Gasteiger partial charge in [-0.25, -0.2) is 8.42 Å². The van der Waals surface area contributed by atoms with Crippen LogP contribution in [-0.4, -0.2) is 43.3 Å². The highest BCUT2D eigenvalue weighted by Crippen LogP contribution is 2.29. The molecule has 0 aliphatic carbocycles. The monoisotopic (exact) mass is 345 g/mol. The number of halogens is 1. The molecular formula is C13H16BrNO3S. The Kier molecular flexibility index (Phi) is 3.75. The standard InChI is InChI=1S/C13H16BrNO3S/c1-13(7-8-19(17,18)9-13)15(2)12(16)10-3-5-11(14)6-4-10/h3-6H,7-9H2,1-2H3/t13-/m0/s1. The van der Waals surface area contributed by atoms with Crippen molar-refractivity contribution < 1.29 is 13.2 Å². The summed E-state index contributed by atoms with van der Waals surface area (Å²) in [5, 5.41) is 0. The summed E-state index contributed by atoms with van der Waals surface area (Å²) in [4.78, 5) is 13.9. The van der Waals surface area contributed by atoms with Gasteiger partial charge in [0.1, 0.15) is 0 Å². The summed E-state index contributed by atoms with van der Waals surface area (Å²) in [6.07, 6.45) is 0.494. The summed E-state index contributed by atoms with van der Waals surface area (Å²) in [5.41, 5.74) is -0.0422. The Bertz CT molecular complexity index is 597. The molecule has 104 valence electrons. The average molecular weight is 346 g/mol. The second kappa shape index (κ2) is 4.90.